The molecule has 1 aromatic rings. The number of rotatable bonds is 2. The summed E-state index contributed by atoms with van der Waals surface area (Å²) in [4.78, 5) is 37.5. The molecule has 2 fully saturated rings. The SMILES string of the molecule is CC1(C)C2CCC1(C(=O)Nc1ccc3c(c1)OCO3)C(=O)C2=O. The molecule has 2 unspecified atom stereocenters. The molecule has 0 saturated heterocycles. The number of amides is 1. The summed E-state index contributed by atoms with van der Waals surface area (Å²) in [6, 6.07) is 5.07. The van der Waals surface area contributed by atoms with Gasteiger partial charge in [0.05, 0.1) is 0 Å². The average Bonchev–Trinajstić information content (AvgIpc) is 3.10. The number of carbonyl (C=O) groups excluding carboxylic acids is 3. The standard InChI is InChI=1S/C17H17NO5/c1-16(2)10-5-6-17(16,14(20)13(10)19)15(21)18-9-3-4-11-12(7-9)23-8-22-11/h3-4,7,10H,5-6,8H2,1-2H3,(H,18,21). The molecule has 120 valence electrons. The van der Waals surface area contributed by atoms with Crippen LogP contribution in [0.4, 0.5) is 5.69 Å². The van der Waals surface area contributed by atoms with E-state index in [4.69, 9.17) is 9.47 Å². The molecule has 0 spiro atoms. The molecule has 4 rings (SSSR count). The maximum absolute atomic E-state index is 12.9. The number of Topliss-reactive ketones (excluding diaryl/α,β-unsaturated/α-hetero) is 2. The number of anilines is 1. The van der Waals surface area contributed by atoms with Crippen LogP contribution in [0.2, 0.25) is 0 Å². The van der Waals surface area contributed by atoms with E-state index in [0.29, 0.717) is 30.0 Å². The Bertz CT molecular complexity index is 753. The molecule has 2 atom stereocenters. The van der Waals surface area contributed by atoms with E-state index < -0.39 is 28.3 Å². The van der Waals surface area contributed by atoms with Crippen molar-refractivity contribution in [2.24, 2.45) is 16.7 Å². The van der Waals surface area contributed by atoms with E-state index >= 15 is 0 Å². The Labute approximate surface area is 133 Å². The van der Waals surface area contributed by atoms with Gasteiger partial charge in [-0.3, -0.25) is 14.4 Å². The van der Waals surface area contributed by atoms with Crippen molar-refractivity contribution in [2.45, 2.75) is 26.7 Å². The molecule has 1 amide bonds. The molecule has 6 nitrogen and oxygen atoms in total. The number of benzene rings is 1. The van der Waals surface area contributed by atoms with Crippen molar-refractivity contribution in [3.63, 3.8) is 0 Å². The second kappa shape index (κ2) is 4.34. The molecule has 1 aliphatic heterocycles. The third-order valence-corrected chi connectivity index (χ3v) is 5.73. The fourth-order valence-electron chi connectivity index (χ4n) is 4.30. The summed E-state index contributed by atoms with van der Waals surface area (Å²) in [7, 11) is 0. The molecule has 2 saturated carbocycles. The summed E-state index contributed by atoms with van der Waals surface area (Å²) in [5, 5.41) is 2.79. The monoisotopic (exact) mass is 315 g/mol. The molecule has 0 radical (unpaired) electrons. The predicted octanol–water partition coefficient (Wildman–Crippen LogP) is 1.93. The second-order valence-corrected chi connectivity index (χ2v) is 6.93. The minimum absolute atomic E-state index is 0.151. The topological polar surface area (TPSA) is 81.7 Å². The van der Waals surface area contributed by atoms with Crippen LogP contribution < -0.4 is 14.8 Å². The zero-order valence-corrected chi connectivity index (χ0v) is 13.0. The first-order valence-electron chi connectivity index (χ1n) is 7.68. The van der Waals surface area contributed by atoms with Crippen molar-refractivity contribution in [3.05, 3.63) is 18.2 Å². The highest BCUT2D eigenvalue weighted by Gasteiger charge is 2.72. The van der Waals surface area contributed by atoms with Crippen LogP contribution in [0, 0.1) is 16.7 Å². The third-order valence-electron chi connectivity index (χ3n) is 5.73. The second-order valence-electron chi connectivity index (χ2n) is 6.93. The van der Waals surface area contributed by atoms with Gasteiger partial charge >= 0.3 is 0 Å². The molecule has 3 aliphatic rings. The Kier molecular flexibility index (Phi) is 2.69. The molecule has 2 aliphatic carbocycles. The molecular weight excluding hydrogens is 298 g/mol. The number of ketones is 2. The van der Waals surface area contributed by atoms with Gasteiger partial charge in [0.2, 0.25) is 24.3 Å². The first-order chi connectivity index (χ1) is 10.9. The van der Waals surface area contributed by atoms with E-state index in [-0.39, 0.29) is 12.7 Å². The maximum atomic E-state index is 12.9. The van der Waals surface area contributed by atoms with E-state index in [2.05, 4.69) is 5.32 Å². The van der Waals surface area contributed by atoms with Crippen molar-refractivity contribution >= 4 is 23.2 Å². The fraction of sp³-hybridized carbons (Fsp3) is 0.471. The first-order valence-corrected chi connectivity index (χ1v) is 7.68. The van der Waals surface area contributed by atoms with Gasteiger partial charge in [0, 0.05) is 17.7 Å². The smallest absolute Gasteiger partial charge is 0.239 e. The van der Waals surface area contributed by atoms with Crippen LogP contribution >= 0.6 is 0 Å². The fourth-order valence-corrected chi connectivity index (χ4v) is 4.30. The molecule has 0 aromatic heterocycles. The van der Waals surface area contributed by atoms with Crippen LogP contribution in [0.5, 0.6) is 11.5 Å². The van der Waals surface area contributed by atoms with Crippen molar-refractivity contribution in [1.29, 1.82) is 0 Å². The lowest BCUT2D eigenvalue weighted by Crippen LogP contribution is -2.47. The summed E-state index contributed by atoms with van der Waals surface area (Å²) in [5.74, 6) is -0.525. The van der Waals surface area contributed by atoms with Gasteiger partial charge in [0.1, 0.15) is 5.41 Å². The lowest BCUT2D eigenvalue weighted by Gasteiger charge is -2.33. The van der Waals surface area contributed by atoms with Crippen LogP contribution in [-0.4, -0.2) is 24.3 Å². The number of ether oxygens (including phenoxy) is 2. The molecule has 1 N–H and O–H groups in total. The highest BCUT2D eigenvalue weighted by Crippen LogP contribution is 2.62. The zero-order valence-electron chi connectivity index (χ0n) is 13.0. The van der Waals surface area contributed by atoms with Crippen LogP contribution in [0.25, 0.3) is 0 Å². The highest BCUT2D eigenvalue weighted by atomic mass is 16.7. The van der Waals surface area contributed by atoms with Gasteiger partial charge in [-0.2, -0.15) is 0 Å². The van der Waals surface area contributed by atoms with Crippen molar-refractivity contribution in [2.75, 3.05) is 12.1 Å². The van der Waals surface area contributed by atoms with Gasteiger partial charge in [-0.15, -0.1) is 0 Å². The van der Waals surface area contributed by atoms with E-state index in [1.807, 2.05) is 13.8 Å². The molecule has 1 aromatic carbocycles. The van der Waals surface area contributed by atoms with Crippen LogP contribution in [0.1, 0.15) is 26.7 Å². The Balaban J connectivity index is 1.67. The average molecular weight is 315 g/mol. The minimum atomic E-state index is -1.26. The van der Waals surface area contributed by atoms with E-state index in [1.54, 1.807) is 18.2 Å². The van der Waals surface area contributed by atoms with E-state index in [0.717, 1.165) is 0 Å². The third kappa shape index (κ3) is 1.61. The van der Waals surface area contributed by atoms with Crippen molar-refractivity contribution in [3.8, 4) is 11.5 Å². The number of fused-ring (bicyclic) bond motifs is 3. The lowest BCUT2D eigenvalue weighted by molar-refractivity contribution is -0.147. The summed E-state index contributed by atoms with van der Waals surface area (Å²) in [6.45, 7) is 3.83. The quantitative estimate of drug-likeness (QED) is 0.666. The van der Waals surface area contributed by atoms with Gasteiger partial charge in [-0.05, 0) is 30.4 Å². The first kappa shape index (κ1) is 14.2. The zero-order chi connectivity index (χ0) is 16.4. The van der Waals surface area contributed by atoms with Crippen molar-refractivity contribution < 1.29 is 23.9 Å². The Morgan fingerprint density at radius 1 is 1.22 bits per heavy atom. The van der Waals surface area contributed by atoms with Gasteiger partial charge in [-0.1, -0.05) is 13.8 Å². The lowest BCUT2D eigenvalue weighted by atomic mass is 9.68. The molecular formula is C17H17NO5. The number of nitrogens with one attached hydrogen (secondary N) is 1. The molecule has 23 heavy (non-hydrogen) atoms. The largest absolute Gasteiger partial charge is 0.454 e. The van der Waals surface area contributed by atoms with Crippen molar-refractivity contribution in [1.82, 2.24) is 0 Å². The van der Waals surface area contributed by atoms with Gasteiger partial charge in [0.25, 0.3) is 0 Å². The van der Waals surface area contributed by atoms with Gasteiger partial charge in [-0.25, -0.2) is 0 Å². The highest BCUT2D eigenvalue weighted by molar-refractivity contribution is 6.48. The summed E-state index contributed by atoms with van der Waals surface area (Å²) in [6.07, 6.45) is 1.01. The number of hydrogen-bond acceptors (Lipinski definition) is 5. The molecule has 2 bridgehead atoms. The Morgan fingerprint density at radius 3 is 2.65 bits per heavy atom. The van der Waals surface area contributed by atoms with Crippen LogP contribution in [0.3, 0.4) is 0 Å². The normalized spacial score (nSPS) is 29.9. The van der Waals surface area contributed by atoms with Gasteiger partial charge in [0.15, 0.2) is 11.5 Å². The van der Waals surface area contributed by atoms with E-state index in [9.17, 15) is 14.4 Å². The molecule has 1 heterocycles. The van der Waals surface area contributed by atoms with Crippen LogP contribution in [-0.2, 0) is 14.4 Å². The summed E-state index contributed by atoms with van der Waals surface area (Å²) in [5.41, 5.74) is -1.38. The molecule has 6 heteroatoms. The predicted molar refractivity (Wildman–Crippen MR) is 80.1 cm³/mol. The number of hydrogen-bond donors (Lipinski definition) is 1. The number of carbonyl (C=O) groups is 3. The van der Waals surface area contributed by atoms with Gasteiger partial charge < -0.3 is 14.8 Å². The summed E-state index contributed by atoms with van der Waals surface area (Å²) >= 11 is 0. The minimum Gasteiger partial charge on any atom is -0.454 e. The Hall–Kier alpha value is -2.37. The maximum Gasteiger partial charge on any atom is 0.239 e. The Morgan fingerprint density at radius 2 is 1.96 bits per heavy atom. The summed E-state index contributed by atoms with van der Waals surface area (Å²) < 4.78 is 10.5. The van der Waals surface area contributed by atoms with Crippen LogP contribution in [0.15, 0.2) is 18.2 Å². The van der Waals surface area contributed by atoms with E-state index in [1.165, 1.54) is 0 Å².